The molecule has 2 aromatic rings. The Hall–Kier alpha value is -1.35. The van der Waals surface area contributed by atoms with Crippen LogP contribution in [0.2, 0.25) is 0 Å². The van der Waals surface area contributed by atoms with E-state index in [4.69, 9.17) is 12.2 Å². The van der Waals surface area contributed by atoms with E-state index in [1.807, 2.05) is 24.3 Å². The Morgan fingerprint density at radius 3 is 2.75 bits per heavy atom. The van der Waals surface area contributed by atoms with Crippen LogP contribution in [0.4, 0.5) is 0 Å². The SMILES string of the molecule is S=c1cnc2ccccc2cn1. The molecule has 1 heterocycles. The van der Waals surface area contributed by atoms with Gasteiger partial charge in [0.1, 0.15) is 4.64 Å². The molecule has 3 heteroatoms. The van der Waals surface area contributed by atoms with Gasteiger partial charge < -0.3 is 0 Å². The first kappa shape index (κ1) is 7.31. The van der Waals surface area contributed by atoms with Crippen molar-refractivity contribution in [2.24, 2.45) is 0 Å². The van der Waals surface area contributed by atoms with Crippen LogP contribution in [0, 0.1) is 4.64 Å². The summed E-state index contributed by atoms with van der Waals surface area (Å²) in [7, 11) is 0. The molecule has 0 N–H and O–H groups in total. The third-order valence-electron chi connectivity index (χ3n) is 1.58. The highest BCUT2D eigenvalue weighted by Crippen LogP contribution is 2.06. The van der Waals surface area contributed by atoms with E-state index in [0.29, 0.717) is 4.64 Å². The molecule has 0 atom stereocenters. The Morgan fingerprint density at radius 1 is 1.00 bits per heavy atom. The van der Waals surface area contributed by atoms with Crippen LogP contribution < -0.4 is 0 Å². The van der Waals surface area contributed by atoms with Gasteiger partial charge in [-0.1, -0.05) is 30.4 Å². The first-order valence-electron chi connectivity index (χ1n) is 3.57. The molecule has 0 radical (unpaired) electrons. The molecule has 0 aliphatic heterocycles. The number of para-hydroxylation sites is 1. The quantitative estimate of drug-likeness (QED) is 0.573. The molecular weight excluding hydrogens is 168 g/mol. The van der Waals surface area contributed by atoms with Crippen molar-refractivity contribution >= 4 is 23.1 Å². The van der Waals surface area contributed by atoms with E-state index in [1.54, 1.807) is 12.4 Å². The molecule has 58 valence electrons. The topological polar surface area (TPSA) is 25.8 Å². The van der Waals surface area contributed by atoms with Crippen LogP contribution in [0.3, 0.4) is 0 Å². The van der Waals surface area contributed by atoms with Crippen molar-refractivity contribution < 1.29 is 0 Å². The molecular formula is C9H6N2S. The first-order chi connectivity index (χ1) is 5.86. The maximum atomic E-state index is 4.89. The van der Waals surface area contributed by atoms with Gasteiger partial charge in [0.2, 0.25) is 0 Å². The summed E-state index contributed by atoms with van der Waals surface area (Å²) in [5.74, 6) is 0. The van der Waals surface area contributed by atoms with Crippen LogP contribution in [0.15, 0.2) is 36.7 Å². The Morgan fingerprint density at radius 2 is 1.83 bits per heavy atom. The van der Waals surface area contributed by atoms with Crippen molar-refractivity contribution in [1.82, 2.24) is 9.97 Å². The van der Waals surface area contributed by atoms with E-state index >= 15 is 0 Å². The fourth-order valence-corrected chi connectivity index (χ4v) is 1.11. The van der Waals surface area contributed by atoms with Crippen LogP contribution in [0.1, 0.15) is 0 Å². The number of rotatable bonds is 0. The van der Waals surface area contributed by atoms with E-state index < -0.39 is 0 Å². The van der Waals surface area contributed by atoms with Gasteiger partial charge in [0.25, 0.3) is 0 Å². The first-order valence-corrected chi connectivity index (χ1v) is 3.98. The molecule has 0 saturated carbocycles. The lowest BCUT2D eigenvalue weighted by molar-refractivity contribution is 1.31. The summed E-state index contributed by atoms with van der Waals surface area (Å²) in [5.41, 5.74) is 0.918. The molecule has 2 rings (SSSR count). The number of hydrogen-bond acceptors (Lipinski definition) is 3. The fourth-order valence-electron chi connectivity index (χ4n) is 1.01. The normalized spacial score (nSPS) is 10.0. The zero-order valence-electron chi connectivity index (χ0n) is 6.27. The second-order valence-corrected chi connectivity index (χ2v) is 2.83. The molecule has 12 heavy (non-hydrogen) atoms. The van der Waals surface area contributed by atoms with Crippen molar-refractivity contribution in [2.75, 3.05) is 0 Å². The number of benzene rings is 1. The van der Waals surface area contributed by atoms with E-state index in [-0.39, 0.29) is 0 Å². The van der Waals surface area contributed by atoms with Crippen LogP contribution >= 0.6 is 12.2 Å². The molecule has 2 nitrogen and oxygen atoms in total. The highest BCUT2D eigenvalue weighted by molar-refractivity contribution is 7.71. The van der Waals surface area contributed by atoms with Crippen molar-refractivity contribution in [2.45, 2.75) is 0 Å². The third-order valence-corrected chi connectivity index (χ3v) is 1.79. The average Bonchev–Trinajstić information content (AvgIpc) is 2.29. The molecule has 0 unspecified atom stereocenters. The predicted octanol–water partition coefficient (Wildman–Crippen LogP) is 2.36. The minimum Gasteiger partial charge on any atom is -0.253 e. The monoisotopic (exact) mass is 174 g/mol. The summed E-state index contributed by atoms with van der Waals surface area (Å²) < 4.78 is 0.520. The zero-order valence-corrected chi connectivity index (χ0v) is 7.08. The van der Waals surface area contributed by atoms with Gasteiger partial charge in [-0.05, 0) is 6.07 Å². The largest absolute Gasteiger partial charge is 0.253 e. The Labute approximate surface area is 74.9 Å². The van der Waals surface area contributed by atoms with Crippen molar-refractivity contribution in [3.8, 4) is 0 Å². The van der Waals surface area contributed by atoms with Gasteiger partial charge in [0.15, 0.2) is 0 Å². The predicted molar refractivity (Wildman–Crippen MR) is 50.4 cm³/mol. The summed E-state index contributed by atoms with van der Waals surface area (Å²) in [6.07, 6.45) is 3.34. The van der Waals surface area contributed by atoms with Crippen molar-refractivity contribution in [1.29, 1.82) is 0 Å². The van der Waals surface area contributed by atoms with E-state index in [0.717, 1.165) is 10.9 Å². The lowest BCUT2D eigenvalue weighted by Gasteiger charge is -1.85. The summed E-state index contributed by atoms with van der Waals surface area (Å²) in [6.45, 7) is 0. The minimum atomic E-state index is 0.520. The Bertz CT molecular complexity index is 426. The zero-order chi connectivity index (χ0) is 8.39. The summed E-state index contributed by atoms with van der Waals surface area (Å²) >= 11 is 4.89. The molecule has 0 fully saturated rings. The molecule has 0 spiro atoms. The molecule has 0 bridgehead atoms. The van der Waals surface area contributed by atoms with Crippen LogP contribution in [0.5, 0.6) is 0 Å². The smallest absolute Gasteiger partial charge is 0.144 e. The van der Waals surface area contributed by atoms with Gasteiger partial charge >= 0.3 is 0 Å². The van der Waals surface area contributed by atoms with E-state index in [9.17, 15) is 0 Å². The van der Waals surface area contributed by atoms with Gasteiger partial charge in [-0.15, -0.1) is 0 Å². The van der Waals surface area contributed by atoms with E-state index in [1.165, 1.54) is 0 Å². The number of fused-ring (bicyclic) bond motifs is 1. The average molecular weight is 174 g/mol. The molecule has 0 saturated heterocycles. The molecule has 1 aromatic carbocycles. The molecule has 0 amide bonds. The lowest BCUT2D eigenvalue weighted by atomic mass is 10.2. The lowest BCUT2D eigenvalue weighted by Crippen LogP contribution is -1.68. The van der Waals surface area contributed by atoms with E-state index in [2.05, 4.69) is 9.97 Å². The highest BCUT2D eigenvalue weighted by Gasteiger charge is 1.88. The number of nitrogens with zero attached hydrogens (tertiary/aromatic N) is 2. The fraction of sp³-hybridized carbons (Fsp3) is 0. The Balaban J connectivity index is 2.94. The maximum Gasteiger partial charge on any atom is 0.144 e. The summed E-state index contributed by atoms with van der Waals surface area (Å²) in [4.78, 5) is 8.20. The van der Waals surface area contributed by atoms with Crippen LogP contribution in [-0.4, -0.2) is 9.97 Å². The van der Waals surface area contributed by atoms with Gasteiger partial charge in [-0.2, -0.15) is 0 Å². The standard InChI is InChI=1S/C9H6N2S/c12-9-6-10-8-4-2-1-3-7(8)5-11-9/h1-6H. The third kappa shape index (κ3) is 1.31. The van der Waals surface area contributed by atoms with Gasteiger partial charge in [-0.3, -0.25) is 4.98 Å². The molecule has 1 aromatic heterocycles. The second-order valence-electron chi connectivity index (χ2n) is 2.41. The minimum absolute atomic E-state index is 0.520. The number of hydrogen-bond donors (Lipinski definition) is 0. The van der Waals surface area contributed by atoms with Crippen LogP contribution in [-0.2, 0) is 0 Å². The molecule has 0 aliphatic carbocycles. The van der Waals surface area contributed by atoms with Gasteiger partial charge in [-0.25, -0.2) is 4.98 Å². The summed E-state index contributed by atoms with van der Waals surface area (Å²) in [6, 6.07) is 7.79. The van der Waals surface area contributed by atoms with Gasteiger partial charge in [0, 0.05) is 11.6 Å². The maximum absolute atomic E-state index is 4.89. The van der Waals surface area contributed by atoms with Crippen LogP contribution in [0.25, 0.3) is 10.9 Å². The number of aromatic nitrogens is 2. The van der Waals surface area contributed by atoms with Gasteiger partial charge in [0.05, 0.1) is 11.7 Å². The van der Waals surface area contributed by atoms with Crippen molar-refractivity contribution in [3.05, 3.63) is 41.3 Å². The van der Waals surface area contributed by atoms with Crippen molar-refractivity contribution in [3.63, 3.8) is 0 Å². The highest BCUT2D eigenvalue weighted by atomic mass is 32.1. The second kappa shape index (κ2) is 2.95. The Kier molecular flexibility index (Phi) is 1.80. The molecule has 0 aliphatic rings. The summed E-state index contributed by atoms with van der Waals surface area (Å²) in [5, 5.41) is 1.01.